The Balaban J connectivity index is 1.73. The Kier molecular flexibility index (Phi) is 5.93. The van der Waals surface area contributed by atoms with Crippen LogP contribution in [0.2, 0.25) is 5.02 Å². The zero-order valence-electron chi connectivity index (χ0n) is 18.4. The zero-order chi connectivity index (χ0) is 22.3. The van der Waals surface area contributed by atoms with Crippen LogP contribution in [-0.4, -0.2) is 33.3 Å². The van der Waals surface area contributed by atoms with Crippen LogP contribution in [0.1, 0.15) is 50.3 Å². The van der Waals surface area contributed by atoms with E-state index in [9.17, 15) is 8.78 Å². The lowest BCUT2D eigenvalue weighted by Crippen LogP contribution is -2.48. The van der Waals surface area contributed by atoms with Crippen molar-refractivity contribution < 1.29 is 8.78 Å². The highest BCUT2D eigenvalue weighted by Crippen LogP contribution is 2.42. The Morgan fingerprint density at radius 1 is 1.00 bits per heavy atom. The molecule has 4 rings (SSSR count). The van der Waals surface area contributed by atoms with Crippen LogP contribution in [0.25, 0.3) is 11.3 Å². The molecule has 0 N–H and O–H groups in total. The van der Waals surface area contributed by atoms with Crippen molar-refractivity contribution >= 4 is 11.6 Å². The van der Waals surface area contributed by atoms with Crippen molar-refractivity contribution in [2.24, 2.45) is 7.05 Å². The third kappa shape index (κ3) is 4.53. The van der Waals surface area contributed by atoms with Crippen LogP contribution in [-0.2, 0) is 7.05 Å². The number of piperidine rings is 1. The minimum atomic E-state index is -0.552. The Morgan fingerprint density at radius 3 is 2.35 bits per heavy atom. The molecule has 0 bridgehead atoms. The lowest BCUT2D eigenvalue weighted by molar-refractivity contribution is 0.0870. The van der Waals surface area contributed by atoms with Gasteiger partial charge in [-0.1, -0.05) is 29.8 Å². The Labute approximate surface area is 187 Å². The lowest BCUT2D eigenvalue weighted by Gasteiger charge is -2.45. The maximum atomic E-state index is 14.8. The van der Waals surface area contributed by atoms with Gasteiger partial charge in [0.1, 0.15) is 11.6 Å². The van der Waals surface area contributed by atoms with Crippen LogP contribution in [0, 0.1) is 11.6 Å². The van der Waals surface area contributed by atoms with Crippen molar-refractivity contribution in [2.45, 2.75) is 44.6 Å². The molecule has 0 unspecified atom stereocenters. The van der Waals surface area contributed by atoms with Gasteiger partial charge < -0.3 is 0 Å². The number of hydrogen-bond acceptors (Lipinski definition) is 2. The van der Waals surface area contributed by atoms with E-state index in [0.717, 1.165) is 36.0 Å². The predicted molar refractivity (Wildman–Crippen MR) is 121 cm³/mol. The third-order valence-electron chi connectivity index (χ3n) is 6.34. The molecular formula is C25H28ClF2N3. The van der Waals surface area contributed by atoms with Crippen LogP contribution in [0.5, 0.6) is 0 Å². The topological polar surface area (TPSA) is 21.1 Å². The highest BCUT2D eigenvalue weighted by molar-refractivity contribution is 6.30. The number of nitrogens with zero attached hydrogens (tertiary/aromatic N) is 3. The highest BCUT2D eigenvalue weighted by atomic mass is 35.5. The van der Waals surface area contributed by atoms with E-state index in [1.807, 2.05) is 36.0 Å². The van der Waals surface area contributed by atoms with Gasteiger partial charge in [-0.25, -0.2) is 8.78 Å². The Bertz CT molecular complexity index is 1070. The largest absolute Gasteiger partial charge is 0.298 e. The molecule has 1 fully saturated rings. The molecule has 2 atom stereocenters. The maximum Gasteiger partial charge on any atom is 0.129 e. The van der Waals surface area contributed by atoms with Crippen molar-refractivity contribution in [2.75, 3.05) is 13.1 Å². The second-order valence-electron chi connectivity index (χ2n) is 9.37. The van der Waals surface area contributed by atoms with Gasteiger partial charge in [-0.3, -0.25) is 9.58 Å². The average Bonchev–Trinajstić information content (AvgIpc) is 3.09. The van der Waals surface area contributed by atoms with Crippen molar-refractivity contribution in [1.82, 2.24) is 14.7 Å². The van der Waals surface area contributed by atoms with Crippen LogP contribution in [0.4, 0.5) is 8.78 Å². The van der Waals surface area contributed by atoms with Gasteiger partial charge >= 0.3 is 0 Å². The monoisotopic (exact) mass is 443 g/mol. The Hall–Kier alpha value is -2.24. The molecule has 1 saturated heterocycles. The fourth-order valence-electron chi connectivity index (χ4n) is 4.59. The number of halogens is 3. The summed E-state index contributed by atoms with van der Waals surface area (Å²) in [5, 5.41) is 5.50. The lowest BCUT2D eigenvalue weighted by atomic mass is 9.77. The van der Waals surface area contributed by atoms with Crippen molar-refractivity contribution in [1.29, 1.82) is 0 Å². The summed E-state index contributed by atoms with van der Waals surface area (Å²) in [5.74, 6) is -1.10. The molecule has 1 aromatic heterocycles. The second-order valence-corrected chi connectivity index (χ2v) is 9.81. The van der Waals surface area contributed by atoms with Crippen molar-refractivity contribution in [3.05, 3.63) is 76.4 Å². The van der Waals surface area contributed by atoms with E-state index in [0.29, 0.717) is 17.1 Å². The first-order valence-corrected chi connectivity index (χ1v) is 11.0. The van der Waals surface area contributed by atoms with Crippen LogP contribution in [0.3, 0.4) is 0 Å². The molecule has 0 spiro atoms. The molecule has 0 saturated carbocycles. The molecule has 1 aliphatic rings. The number of hydrogen-bond donors (Lipinski definition) is 0. The second kappa shape index (κ2) is 8.36. The van der Waals surface area contributed by atoms with Gasteiger partial charge in [-0.05, 0) is 69.1 Å². The van der Waals surface area contributed by atoms with E-state index in [-0.39, 0.29) is 17.4 Å². The molecule has 3 nitrogen and oxygen atoms in total. The van der Waals surface area contributed by atoms with E-state index in [4.69, 9.17) is 16.7 Å². The van der Waals surface area contributed by atoms with Crippen molar-refractivity contribution in [3.63, 3.8) is 0 Å². The van der Waals surface area contributed by atoms with Gasteiger partial charge in [0.25, 0.3) is 0 Å². The standard InChI is InChI=1S/C25H28ClF2N3/c1-25(2,3)31-12-11-20(21(15-31)19-10-9-18(27)13-22(19)28)23-14-24(30(4)29-23)16-5-7-17(26)8-6-16/h5-10,13-14,20-21H,11-12,15H2,1-4H3/t20-,21+/m1/s1. The number of rotatable bonds is 3. The number of benzene rings is 2. The molecule has 0 aliphatic carbocycles. The summed E-state index contributed by atoms with van der Waals surface area (Å²) in [6.45, 7) is 8.12. The van der Waals surface area contributed by atoms with E-state index in [2.05, 4.69) is 31.7 Å². The fraction of sp³-hybridized carbons (Fsp3) is 0.400. The molecule has 2 heterocycles. The molecule has 2 aromatic carbocycles. The molecule has 1 aliphatic heterocycles. The minimum Gasteiger partial charge on any atom is -0.298 e. The van der Waals surface area contributed by atoms with Gasteiger partial charge in [0, 0.05) is 42.1 Å². The highest BCUT2D eigenvalue weighted by Gasteiger charge is 2.38. The Morgan fingerprint density at radius 2 is 1.71 bits per heavy atom. The molecule has 0 amide bonds. The molecule has 31 heavy (non-hydrogen) atoms. The smallest absolute Gasteiger partial charge is 0.129 e. The minimum absolute atomic E-state index is 0.0295. The normalized spacial score (nSPS) is 20.2. The summed E-state index contributed by atoms with van der Waals surface area (Å²) in [6, 6.07) is 13.7. The first kappa shape index (κ1) is 22.0. The van der Waals surface area contributed by atoms with Gasteiger partial charge in [0.05, 0.1) is 11.4 Å². The summed E-state index contributed by atoms with van der Waals surface area (Å²) in [4.78, 5) is 2.38. The van der Waals surface area contributed by atoms with Crippen LogP contribution in [0.15, 0.2) is 48.5 Å². The number of likely N-dealkylation sites (tertiary alicyclic amines) is 1. The van der Waals surface area contributed by atoms with Crippen molar-refractivity contribution in [3.8, 4) is 11.3 Å². The molecule has 6 heteroatoms. The molecule has 164 valence electrons. The van der Waals surface area contributed by atoms with E-state index < -0.39 is 11.6 Å². The summed E-state index contributed by atoms with van der Waals surface area (Å²) < 4.78 is 30.3. The quantitative estimate of drug-likeness (QED) is 0.467. The number of aromatic nitrogens is 2. The average molecular weight is 444 g/mol. The van der Waals surface area contributed by atoms with Gasteiger partial charge in [-0.2, -0.15) is 5.10 Å². The van der Waals surface area contributed by atoms with Crippen LogP contribution < -0.4 is 0 Å². The summed E-state index contributed by atoms with van der Waals surface area (Å²) in [7, 11) is 1.92. The third-order valence-corrected chi connectivity index (χ3v) is 6.59. The molecule has 0 radical (unpaired) electrons. The van der Waals surface area contributed by atoms with E-state index >= 15 is 0 Å². The maximum absolute atomic E-state index is 14.8. The zero-order valence-corrected chi connectivity index (χ0v) is 19.1. The van der Waals surface area contributed by atoms with Gasteiger partial charge in [0.2, 0.25) is 0 Å². The molecular weight excluding hydrogens is 416 g/mol. The summed E-state index contributed by atoms with van der Waals surface area (Å²) in [5.41, 5.74) is 3.48. The van der Waals surface area contributed by atoms with Crippen LogP contribution >= 0.6 is 11.6 Å². The van der Waals surface area contributed by atoms with Gasteiger partial charge in [-0.15, -0.1) is 0 Å². The first-order chi connectivity index (χ1) is 14.6. The first-order valence-electron chi connectivity index (χ1n) is 10.6. The van der Waals surface area contributed by atoms with Gasteiger partial charge in [0.15, 0.2) is 0 Å². The SMILES string of the molecule is Cn1nc([C@@H]2CCN(C(C)(C)C)C[C@H]2c2ccc(F)cc2F)cc1-c1ccc(Cl)cc1. The predicted octanol–water partition coefficient (Wildman–Crippen LogP) is 6.39. The van der Waals surface area contributed by atoms with E-state index in [1.165, 1.54) is 6.07 Å². The summed E-state index contributed by atoms with van der Waals surface area (Å²) >= 11 is 6.04. The van der Waals surface area contributed by atoms with E-state index in [1.54, 1.807) is 6.07 Å². The summed E-state index contributed by atoms with van der Waals surface area (Å²) in [6.07, 6.45) is 0.857. The fourth-order valence-corrected chi connectivity index (χ4v) is 4.72. The number of aryl methyl sites for hydroxylation is 1. The molecule has 3 aromatic rings.